The van der Waals surface area contributed by atoms with E-state index in [4.69, 9.17) is 9.79 Å². The Bertz CT molecular complexity index is 737. The zero-order valence-electron chi connectivity index (χ0n) is 10.9. The average molecular weight is 335 g/mol. The van der Waals surface area contributed by atoms with E-state index in [0.717, 1.165) is 0 Å². The molecule has 0 aliphatic carbocycles. The molecule has 0 aromatic heterocycles. The van der Waals surface area contributed by atoms with Crippen molar-refractivity contribution in [2.75, 3.05) is 5.32 Å². The van der Waals surface area contributed by atoms with E-state index >= 15 is 0 Å². The van der Waals surface area contributed by atoms with Crippen molar-refractivity contribution in [2.45, 2.75) is 6.16 Å². The highest BCUT2D eigenvalue weighted by molar-refractivity contribution is 7.50. The zero-order chi connectivity index (χ0) is 16.5. The molecule has 0 saturated heterocycles. The molecule has 0 spiro atoms. The Morgan fingerprint density at radius 2 is 1.55 bits per heavy atom. The van der Waals surface area contributed by atoms with E-state index in [1.165, 1.54) is 24.3 Å². The monoisotopic (exact) mass is 335 g/mol. The first kappa shape index (κ1) is 16.5. The zero-order valence-corrected chi connectivity index (χ0v) is 11.8. The fourth-order valence-electron chi connectivity index (χ4n) is 1.82. The summed E-state index contributed by atoms with van der Waals surface area (Å²) in [6.07, 6.45) is -0.697. The van der Waals surface area contributed by atoms with Crippen molar-refractivity contribution in [3.05, 3.63) is 59.2 Å². The Hall–Kier alpha value is -1.89. The van der Waals surface area contributed by atoms with Crippen molar-refractivity contribution in [1.29, 1.82) is 0 Å². The molecule has 2 aromatic carbocycles. The lowest BCUT2D eigenvalue weighted by molar-refractivity contribution is 0.372. The van der Waals surface area contributed by atoms with Crippen LogP contribution in [0.1, 0.15) is 5.56 Å². The van der Waals surface area contributed by atoms with Gasteiger partial charge in [0.2, 0.25) is 0 Å². The lowest BCUT2D eigenvalue weighted by atomic mass is 10.2. The molecule has 0 aliphatic heterocycles. The van der Waals surface area contributed by atoms with E-state index in [-0.39, 0.29) is 17.3 Å². The fourth-order valence-corrected chi connectivity index (χ4v) is 2.54. The molecule has 0 radical (unpaired) electrons. The Balaban J connectivity index is 2.47. The summed E-state index contributed by atoms with van der Waals surface area (Å²) in [7, 11) is -4.44. The second-order valence-corrected chi connectivity index (χ2v) is 6.09. The molecule has 2 rings (SSSR count). The van der Waals surface area contributed by atoms with Crippen LogP contribution >= 0.6 is 7.60 Å². The van der Waals surface area contributed by atoms with Crippen molar-refractivity contribution in [3.8, 4) is 0 Å². The smallest absolute Gasteiger partial charge is 0.329 e. The van der Waals surface area contributed by atoms with Crippen molar-refractivity contribution in [1.82, 2.24) is 0 Å². The molecular weight excluding hydrogens is 325 g/mol. The van der Waals surface area contributed by atoms with Gasteiger partial charge in [0.1, 0.15) is 5.69 Å². The van der Waals surface area contributed by atoms with Gasteiger partial charge >= 0.3 is 7.60 Å². The lowest BCUT2D eigenvalue weighted by Gasteiger charge is -2.14. The predicted molar refractivity (Wildman–Crippen MR) is 71.7 cm³/mol. The highest BCUT2D eigenvalue weighted by atomic mass is 31.2. The molecule has 0 aliphatic rings. The Morgan fingerprint density at radius 1 is 1.00 bits per heavy atom. The molecule has 22 heavy (non-hydrogen) atoms. The number of benzene rings is 2. The summed E-state index contributed by atoms with van der Waals surface area (Å²) >= 11 is 0. The van der Waals surface area contributed by atoms with Gasteiger partial charge in [0.05, 0.1) is 6.16 Å². The summed E-state index contributed by atoms with van der Waals surface area (Å²) in [4.78, 5) is 17.9. The second kappa shape index (κ2) is 6.08. The number of halogens is 4. The number of rotatable bonds is 4. The summed E-state index contributed by atoms with van der Waals surface area (Å²) in [5, 5.41) is 2.14. The first-order chi connectivity index (χ1) is 10.2. The van der Waals surface area contributed by atoms with E-state index in [1.54, 1.807) is 0 Å². The minimum absolute atomic E-state index is 0.0410. The minimum Gasteiger partial charge on any atom is -0.350 e. The molecule has 9 heteroatoms. The summed E-state index contributed by atoms with van der Waals surface area (Å²) in [5.41, 5.74) is -1.11. The Morgan fingerprint density at radius 3 is 2.09 bits per heavy atom. The molecule has 0 heterocycles. The molecule has 4 nitrogen and oxygen atoms in total. The van der Waals surface area contributed by atoms with Crippen LogP contribution in [0, 0.1) is 23.3 Å². The van der Waals surface area contributed by atoms with E-state index in [1.807, 2.05) is 0 Å². The standard InChI is InChI=1S/C13H10F4NO3P/c14-8-5-9(15)12(17)13(11(8)16)18-10-4-2-1-3-7(10)6-22(19,20)21/h1-5,18H,6H2,(H2,19,20,21). The van der Waals surface area contributed by atoms with Gasteiger partial charge in [-0.15, -0.1) is 0 Å². The number of para-hydroxylation sites is 1. The molecule has 0 fully saturated rings. The van der Waals surface area contributed by atoms with E-state index in [2.05, 4.69) is 5.32 Å². The number of hydrogen-bond donors (Lipinski definition) is 3. The van der Waals surface area contributed by atoms with Crippen molar-refractivity contribution in [3.63, 3.8) is 0 Å². The van der Waals surface area contributed by atoms with Crippen LogP contribution in [-0.2, 0) is 10.7 Å². The molecule has 0 saturated carbocycles. The maximum Gasteiger partial charge on any atom is 0.329 e. The topological polar surface area (TPSA) is 69.6 Å². The normalized spacial score (nSPS) is 11.5. The highest BCUT2D eigenvalue weighted by Gasteiger charge is 2.21. The van der Waals surface area contributed by atoms with Gasteiger partial charge in [-0.3, -0.25) is 4.57 Å². The van der Waals surface area contributed by atoms with Gasteiger partial charge in [0.25, 0.3) is 0 Å². The van der Waals surface area contributed by atoms with Gasteiger partial charge in [-0.1, -0.05) is 18.2 Å². The van der Waals surface area contributed by atoms with Crippen LogP contribution in [0.25, 0.3) is 0 Å². The van der Waals surface area contributed by atoms with E-state index in [9.17, 15) is 22.1 Å². The van der Waals surface area contributed by atoms with E-state index < -0.39 is 42.7 Å². The second-order valence-electron chi connectivity index (χ2n) is 4.45. The van der Waals surface area contributed by atoms with Crippen LogP contribution in [0.4, 0.5) is 28.9 Å². The molecule has 0 atom stereocenters. The third-order valence-electron chi connectivity index (χ3n) is 2.77. The summed E-state index contributed by atoms with van der Waals surface area (Å²) in [6, 6.07) is 5.53. The van der Waals surface area contributed by atoms with Crippen molar-refractivity contribution in [2.24, 2.45) is 0 Å². The fraction of sp³-hybridized carbons (Fsp3) is 0.0769. The van der Waals surface area contributed by atoms with Gasteiger partial charge in [0.15, 0.2) is 23.3 Å². The molecule has 118 valence electrons. The van der Waals surface area contributed by atoms with Gasteiger partial charge in [-0.25, -0.2) is 17.6 Å². The first-order valence-electron chi connectivity index (χ1n) is 5.91. The van der Waals surface area contributed by atoms with Crippen LogP contribution in [-0.4, -0.2) is 9.79 Å². The van der Waals surface area contributed by atoms with E-state index in [0.29, 0.717) is 0 Å². The number of anilines is 2. The molecular formula is C13H10F4NO3P. The summed E-state index contributed by atoms with van der Waals surface area (Å²) in [6.45, 7) is 0. The number of nitrogens with one attached hydrogen (secondary N) is 1. The Kier molecular flexibility index (Phi) is 4.55. The highest BCUT2D eigenvalue weighted by Crippen LogP contribution is 2.41. The quantitative estimate of drug-likeness (QED) is 0.453. The SMILES string of the molecule is O=P(O)(O)Cc1ccccc1Nc1c(F)c(F)cc(F)c1F. The minimum atomic E-state index is -4.44. The maximum absolute atomic E-state index is 13.6. The van der Waals surface area contributed by atoms with Crippen LogP contribution in [0.2, 0.25) is 0 Å². The third-order valence-corrected chi connectivity index (χ3v) is 3.52. The van der Waals surface area contributed by atoms with Gasteiger partial charge in [-0.05, 0) is 11.6 Å². The largest absolute Gasteiger partial charge is 0.350 e. The van der Waals surface area contributed by atoms with Gasteiger partial charge < -0.3 is 15.1 Å². The van der Waals surface area contributed by atoms with Crippen molar-refractivity contribution >= 4 is 19.0 Å². The molecule has 0 amide bonds. The third kappa shape index (κ3) is 3.65. The van der Waals surface area contributed by atoms with Gasteiger partial charge in [-0.2, -0.15) is 0 Å². The van der Waals surface area contributed by atoms with Crippen LogP contribution in [0.3, 0.4) is 0 Å². The average Bonchev–Trinajstić information content (AvgIpc) is 2.41. The predicted octanol–water partition coefficient (Wildman–Crippen LogP) is 3.66. The number of hydrogen-bond acceptors (Lipinski definition) is 2. The summed E-state index contributed by atoms with van der Waals surface area (Å²) < 4.78 is 64.5. The molecule has 2 aromatic rings. The molecule has 3 N–H and O–H groups in total. The van der Waals surface area contributed by atoms with Crippen LogP contribution < -0.4 is 5.32 Å². The van der Waals surface area contributed by atoms with Gasteiger partial charge in [0, 0.05) is 11.8 Å². The first-order valence-corrected chi connectivity index (χ1v) is 7.71. The molecule has 0 bridgehead atoms. The Labute approximate surface area is 122 Å². The lowest BCUT2D eigenvalue weighted by Crippen LogP contribution is -2.04. The molecule has 0 unspecified atom stereocenters. The van der Waals surface area contributed by atoms with Crippen LogP contribution in [0.5, 0.6) is 0 Å². The maximum atomic E-state index is 13.6. The van der Waals surface area contributed by atoms with Crippen LogP contribution in [0.15, 0.2) is 30.3 Å². The summed E-state index contributed by atoms with van der Waals surface area (Å²) in [5.74, 6) is -6.45. The van der Waals surface area contributed by atoms with Crippen molar-refractivity contribution < 1.29 is 31.9 Å².